The minimum atomic E-state index is 0.100. The molecule has 1 aliphatic heterocycles. The quantitative estimate of drug-likeness (QED) is 0.593. The maximum atomic E-state index is 12.7. The smallest absolute Gasteiger partial charge is 0.228 e. The van der Waals surface area contributed by atoms with Crippen LogP contribution < -0.4 is 10.2 Å². The van der Waals surface area contributed by atoms with Gasteiger partial charge in [0.15, 0.2) is 5.13 Å². The van der Waals surface area contributed by atoms with Gasteiger partial charge in [-0.15, -0.1) is 11.3 Å². The Kier molecular flexibility index (Phi) is 6.23. The van der Waals surface area contributed by atoms with Crippen LogP contribution >= 0.6 is 34.5 Å². The second kappa shape index (κ2) is 9.03. The molecule has 1 fully saturated rings. The van der Waals surface area contributed by atoms with E-state index < -0.39 is 0 Å². The van der Waals surface area contributed by atoms with Crippen molar-refractivity contribution in [3.8, 4) is 0 Å². The highest BCUT2D eigenvalue weighted by atomic mass is 35.5. The number of amides is 1. The molecule has 0 aliphatic carbocycles. The van der Waals surface area contributed by atoms with Gasteiger partial charge in [-0.2, -0.15) is 0 Å². The van der Waals surface area contributed by atoms with E-state index in [1.54, 1.807) is 0 Å². The van der Waals surface area contributed by atoms with Gasteiger partial charge in [-0.05, 0) is 30.3 Å². The minimum Gasteiger partial charge on any atom is -0.367 e. The van der Waals surface area contributed by atoms with Gasteiger partial charge in [0.2, 0.25) is 5.91 Å². The highest BCUT2D eigenvalue weighted by Crippen LogP contribution is 2.26. The Morgan fingerprint density at radius 1 is 1.07 bits per heavy atom. The van der Waals surface area contributed by atoms with Crippen LogP contribution in [-0.4, -0.2) is 42.0 Å². The number of anilines is 3. The van der Waals surface area contributed by atoms with E-state index in [1.165, 1.54) is 11.3 Å². The Morgan fingerprint density at radius 2 is 1.86 bits per heavy atom. The molecule has 1 aromatic heterocycles. The number of rotatable bonds is 5. The van der Waals surface area contributed by atoms with Gasteiger partial charge in [0, 0.05) is 42.3 Å². The van der Waals surface area contributed by atoms with Crippen LogP contribution in [0.4, 0.5) is 16.5 Å². The molecule has 5 nitrogen and oxygen atoms in total. The summed E-state index contributed by atoms with van der Waals surface area (Å²) in [6, 6.07) is 15.3. The van der Waals surface area contributed by atoms with Gasteiger partial charge >= 0.3 is 0 Å². The number of halogens is 2. The van der Waals surface area contributed by atoms with Crippen LogP contribution in [0.2, 0.25) is 10.0 Å². The van der Waals surface area contributed by atoms with Crippen LogP contribution in [0.5, 0.6) is 0 Å². The number of para-hydroxylation sites is 1. The van der Waals surface area contributed by atoms with E-state index in [9.17, 15) is 4.79 Å². The lowest BCUT2D eigenvalue weighted by Crippen LogP contribution is -2.49. The molecule has 2 aromatic carbocycles. The second-order valence-electron chi connectivity index (χ2n) is 6.78. The van der Waals surface area contributed by atoms with Gasteiger partial charge in [-0.3, -0.25) is 4.79 Å². The third kappa shape index (κ3) is 5.01. The molecule has 1 aliphatic rings. The zero-order valence-corrected chi connectivity index (χ0v) is 18.0. The summed E-state index contributed by atoms with van der Waals surface area (Å²) in [6.07, 6.45) is 0.305. The molecule has 150 valence electrons. The number of aromatic nitrogens is 1. The molecule has 4 rings (SSSR count). The maximum Gasteiger partial charge on any atom is 0.228 e. The van der Waals surface area contributed by atoms with E-state index >= 15 is 0 Å². The summed E-state index contributed by atoms with van der Waals surface area (Å²) in [7, 11) is 0. The zero-order valence-electron chi connectivity index (χ0n) is 15.6. The lowest BCUT2D eigenvalue weighted by atomic mass is 10.2. The number of thiazole rings is 1. The number of benzene rings is 2. The van der Waals surface area contributed by atoms with Crippen molar-refractivity contribution in [1.82, 2.24) is 9.88 Å². The number of carbonyl (C=O) groups excluding carboxylic acids is 1. The molecule has 29 heavy (non-hydrogen) atoms. The van der Waals surface area contributed by atoms with E-state index in [0.717, 1.165) is 40.3 Å². The number of nitrogens with zero attached hydrogens (tertiary/aromatic N) is 3. The molecule has 0 saturated carbocycles. The number of hydrogen-bond donors (Lipinski definition) is 1. The lowest BCUT2D eigenvalue weighted by Gasteiger charge is -2.36. The average Bonchev–Trinajstić information content (AvgIpc) is 3.15. The largest absolute Gasteiger partial charge is 0.367 e. The SMILES string of the molecule is O=C(Cc1csc(Nc2cccc(Cl)c2)n1)N1CCN(c2ccccc2Cl)CC1. The van der Waals surface area contributed by atoms with Crippen molar-refractivity contribution < 1.29 is 4.79 Å². The standard InChI is InChI=1S/C21H20Cl2N4OS/c22-15-4-3-5-16(12-15)24-21-25-17(14-29-21)13-20(28)27-10-8-26(9-11-27)19-7-2-1-6-18(19)23/h1-7,12,14H,8-11,13H2,(H,24,25). The summed E-state index contributed by atoms with van der Waals surface area (Å²) in [5.41, 5.74) is 2.68. The molecular formula is C21H20Cl2N4OS. The first-order chi connectivity index (χ1) is 14.1. The van der Waals surface area contributed by atoms with Crippen molar-refractivity contribution in [2.24, 2.45) is 0 Å². The Labute approximate surface area is 183 Å². The third-order valence-corrected chi connectivity index (χ3v) is 6.15. The highest BCUT2D eigenvalue weighted by molar-refractivity contribution is 7.13. The predicted molar refractivity (Wildman–Crippen MR) is 121 cm³/mol. The molecule has 0 unspecified atom stereocenters. The first-order valence-corrected chi connectivity index (χ1v) is 11.0. The molecule has 1 amide bonds. The molecule has 0 radical (unpaired) electrons. The summed E-state index contributed by atoms with van der Waals surface area (Å²) in [5.74, 6) is 0.100. The summed E-state index contributed by atoms with van der Waals surface area (Å²) in [6.45, 7) is 2.91. The van der Waals surface area contributed by atoms with Gasteiger partial charge in [0.05, 0.1) is 22.8 Å². The number of carbonyl (C=O) groups is 1. The van der Waals surface area contributed by atoms with Crippen molar-refractivity contribution in [2.75, 3.05) is 36.4 Å². The number of hydrogen-bond acceptors (Lipinski definition) is 5. The summed E-state index contributed by atoms with van der Waals surface area (Å²) in [5, 5.41) is 7.31. The topological polar surface area (TPSA) is 48.5 Å². The van der Waals surface area contributed by atoms with Crippen molar-refractivity contribution in [3.05, 3.63) is 69.7 Å². The lowest BCUT2D eigenvalue weighted by molar-refractivity contribution is -0.130. The van der Waals surface area contributed by atoms with Crippen LogP contribution in [0.3, 0.4) is 0 Å². The van der Waals surface area contributed by atoms with Crippen LogP contribution in [0.15, 0.2) is 53.9 Å². The molecule has 1 saturated heterocycles. The van der Waals surface area contributed by atoms with E-state index in [1.807, 2.05) is 58.8 Å². The number of nitrogens with one attached hydrogen (secondary N) is 1. The first kappa shape index (κ1) is 20.0. The van der Waals surface area contributed by atoms with E-state index in [0.29, 0.717) is 24.5 Å². The third-order valence-electron chi connectivity index (χ3n) is 4.79. The maximum absolute atomic E-state index is 12.7. The minimum absolute atomic E-state index is 0.100. The number of piperazine rings is 1. The Balaban J connectivity index is 1.31. The van der Waals surface area contributed by atoms with Crippen LogP contribution in [-0.2, 0) is 11.2 Å². The van der Waals surface area contributed by atoms with Gasteiger partial charge in [-0.25, -0.2) is 4.98 Å². The molecule has 0 spiro atoms. The Bertz CT molecular complexity index is 1000. The van der Waals surface area contributed by atoms with E-state index in [2.05, 4.69) is 15.2 Å². The Morgan fingerprint density at radius 3 is 2.62 bits per heavy atom. The summed E-state index contributed by atoms with van der Waals surface area (Å²) < 4.78 is 0. The molecule has 2 heterocycles. The Hall–Kier alpha value is -2.28. The first-order valence-electron chi connectivity index (χ1n) is 9.33. The zero-order chi connectivity index (χ0) is 20.2. The van der Waals surface area contributed by atoms with Crippen LogP contribution in [0.1, 0.15) is 5.69 Å². The van der Waals surface area contributed by atoms with Gasteiger partial charge in [0.1, 0.15) is 0 Å². The van der Waals surface area contributed by atoms with Crippen molar-refractivity contribution >= 4 is 57.0 Å². The van der Waals surface area contributed by atoms with Gasteiger partial charge < -0.3 is 15.1 Å². The fraction of sp³-hybridized carbons (Fsp3) is 0.238. The average molecular weight is 447 g/mol. The molecule has 3 aromatic rings. The van der Waals surface area contributed by atoms with Crippen LogP contribution in [0.25, 0.3) is 0 Å². The van der Waals surface area contributed by atoms with Gasteiger partial charge in [-0.1, -0.05) is 41.4 Å². The molecule has 0 atom stereocenters. The fourth-order valence-electron chi connectivity index (χ4n) is 3.31. The van der Waals surface area contributed by atoms with Gasteiger partial charge in [0.25, 0.3) is 0 Å². The normalized spacial score (nSPS) is 14.1. The van der Waals surface area contributed by atoms with Crippen molar-refractivity contribution in [2.45, 2.75) is 6.42 Å². The van der Waals surface area contributed by atoms with Crippen molar-refractivity contribution in [1.29, 1.82) is 0 Å². The second-order valence-corrected chi connectivity index (χ2v) is 8.48. The highest BCUT2D eigenvalue weighted by Gasteiger charge is 2.23. The van der Waals surface area contributed by atoms with E-state index in [-0.39, 0.29) is 5.91 Å². The molecule has 0 bridgehead atoms. The predicted octanol–water partition coefficient (Wildman–Crippen LogP) is 5.08. The monoisotopic (exact) mass is 446 g/mol. The van der Waals surface area contributed by atoms with E-state index in [4.69, 9.17) is 23.2 Å². The molecule has 1 N–H and O–H groups in total. The van der Waals surface area contributed by atoms with Crippen LogP contribution in [0, 0.1) is 0 Å². The molecular weight excluding hydrogens is 427 g/mol. The summed E-state index contributed by atoms with van der Waals surface area (Å²) >= 11 is 13.8. The summed E-state index contributed by atoms with van der Waals surface area (Å²) in [4.78, 5) is 21.4. The molecule has 8 heteroatoms. The van der Waals surface area contributed by atoms with Crippen molar-refractivity contribution in [3.63, 3.8) is 0 Å². The fourth-order valence-corrected chi connectivity index (χ4v) is 4.48.